The van der Waals surface area contributed by atoms with Crippen LogP contribution in [0.4, 0.5) is 5.69 Å². The van der Waals surface area contributed by atoms with Gasteiger partial charge in [-0.3, -0.25) is 4.79 Å². The van der Waals surface area contributed by atoms with Gasteiger partial charge in [-0.1, -0.05) is 6.08 Å². The van der Waals surface area contributed by atoms with Crippen LogP contribution in [-0.2, 0) is 4.79 Å². The van der Waals surface area contributed by atoms with E-state index >= 15 is 0 Å². The van der Waals surface area contributed by atoms with Crippen molar-refractivity contribution >= 4 is 11.6 Å². The van der Waals surface area contributed by atoms with Crippen molar-refractivity contribution in [3.63, 3.8) is 0 Å². The maximum atomic E-state index is 11.4. The average Bonchev–Trinajstić information content (AvgIpc) is 2.30. The molecule has 0 saturated carbocycles. The minimum absolute atomic E-state index is 0.0768. The number of hydrogen-bond donors (Lipinski definition) is 2. The van der Waals surface area contributed by atoms with Gasteiger partial charge in [0.05, 0.1) is 13.7 Å². The zero-order valence-corrected chi connectivity index (χ0v) is 9.32. The number of hydrogen-bond acceptors (Lipinski definition) is 3. The Morgan fingerprint density at radius 2 is 2.12 bits per heavy atom. The molecule has 0 spiro atoms. The summed E-state index contributed by atoms with van der Waals surface area (Å²) >= 11 is 0. The van der Waals surface area contributed by atoms with Gasteiger partial charge >= 0.3 is 0 Å². The molecule has 0 saturated heterocycles. The zero-order valence-electron chi connectivity index (χ0n) is 9.32. The molecule has 86 valence electrons. The van der Waals surface area contributed by atoms with Crippen LogP contribution in [0.3, 0.4) is 0 Å². The fourth-order valence-electron chi connectivity index (χ4n) is 1.17. The molecular formula is C12H16N2O2. The largest absolute Gasteiger partial charge is 0.497 e. The molecule has 0 aromatic heterocycles. The molecule has 4 nitrogen and oxygen atoms in total. The zero-order chi connectivity index (χ0) is 11.8. The van der Waals surface area contributed by atoms with E-state index in [2.05, 4.69) is 17.2 Å². The molecule has 0 atom stereocenters. The molecule has 0 heterocycles. The summed E-state index contributed by atoms with van der Waals surface area (Å²) in [6.07, 6.45) is 1.71. The SMILES string of the molecule is C=CCNCC(=O)Nc1ccc(OC)cc1. The molecule has 1 aromatic rings. The van der Waals surface area contributed by atoms with Gasteiger partial charge in [-0.2, -0.15) is 0 Å². The van der Waals surface area contributed by atoms with Gasteiger partial charge in [-0.05, 0) is 24.3 Å². The summed E-state index contributed by atoms with van der Waals surface area (Å²) < 4.78 is 5.02. The Morgan fingerprint density at radius 1 is 1.44 bits per heavy atom. The summed E-state index contributed by atoms with van der Waals surface area (Å²) in [7, 11) is 1.60. The predicted octanol–water partition coefficient (Wildman–Crippen LogP) is 1.41. The van der Waals surface area contributed by atoms with E-state index in [4.69, 9.17) is 4.74 Å². The highest BCUT2D eigenvalue weighted by molar-refractivity contribution is 5.92. The highest BCUT2D eigenvalue weighted by Gasteiger charge is 2.00. The second-order valence-corrected chi connectivity index (χ2v) is 3.20. The van der Waals surface area contributed by atoms with E-state index in [0.29, 0.717) is 6.54 Å². The molecule has 0 aliphatic carbocycles. The van der Waals surface area contributed by atoms with Crippen molar-refractivity contribution in [2.24, 2.45) is 0 Å². The number of methoxy groups -OCH3 is 1. The number of benzene rings is 1. The van der Waals surface area contributed by atoms with Crippen molar-refractivity contribution in [1.29, 1.82) is 0 Å². The van der Waals surface area contributed by atoms with Crippen molar-refractivity contribution in [3.8, 4) is 5.75 Å². The topological polar surface area (TPSA) is 50.4 Å². The summed E-state index contributed by atoms with van der Waals surface area (Å²) in [6.45, 7) is 4.45. The molecule has 2 N–H and O–H groups in total. The lowest BCUT2D eigenvalue weighted by molar-refractivity contribution is -0.115. The first-order chi connectivity index (χ1) is 7.76. The molecule has 0 aliphatic rings. The molecule has 0 radical (unpaired) electrons. The summed E-state index contributed by atoms with van der Waals surface area (Å²) in [6, 6.07) is 7.19. The standard InChI is InChI=1S/C12H16N2O2/c1-3-8-13-9-12(15)14-10-4-6-11(16-2)7-5-10/h3-7,13H,1,8-9H2,2H3,(H,14,15). The first-order valence-electron chi connectivity index (χ1n) is 5.02. The van der Waals surface area contributed by atoms with Crippen LogP contribution in [0.2, 0.25) is 0 Å². The minimum atomic E-state index is -0.0768. The number of rotatable bonds is 6. The summed E-state index contributed by atoms with van der Waals surface area (Å²) in [4.78, 5) is 11.4. The van der Waals surface area contributed by atoms with Crippen molar-refractivity contribution in [1.82, 2.24) is 5.32 Å². The first-order valence-corrected chi connectivity index (χ1v) is 5.02. The monoisotopic (exact) mass is 220 g/mol. The third kappa shape index (κ3) is 4.14. The molecule has 1 rings (SSSR count). The third-order valence-electron chi connectivity index (χ3n) is 1.95. The lowest BCUT2D eigenvalue weighted by Gasteiger charge is -2.06. The van der Waals surface area contributed by atoms with Gasteiger partial charge in [-0.15, -0.1) is 6.58 Å². The summed E-state index contributed by atoms with van der Waals surface area (Å²) in [5.74, 6) is 0.690. The number of anilines is 1. The summed E-state index contributed by atoms with van der Waals surface area (Å²) in [5, 5.41) is 5.68. The van der Waals surface area contributed by atoms with Crippen LogP contribution >= 0.6 is 0 Å². The van der Waals surface area contributed by atoms with E-state index < -0.39 is 0 Å². The van der Waals surface area contributed by atoms with Crippen molar-refractivity contribution in [2.75, 3.05) is 25.5 Å². The molecule has 0 fully saturated rings. The highest BCUT2D eigenvalue weighted by Crippen LogP contribution is 2.14. The maximum Gasteiger partial charge on any atom is 0.238 e. The lowest BCUT2D eigenvalue weighted by Crippen LogP contribution is -2.27. The van der Waals surface area contributed by atoms with E-state index in [1.54, 1.807) is 37.5 Å². The molecule has 16 heavy (non-hydrogen) atoms. The molecule has 0 unspecified atom stereocenters. The van der Waals surface area contributed by atoms with Crippen molar-refractivity contribution < 1.29 is 9.53 Å². The normalized spacial score (nSPS) is 9.56. The molecule has 0 aliphatic heterocycles. The van der Waals surface area contributed by atoms with Crippen molar-refractivity contribution in [2.45, 2.75) is 0 Å². The quantitative estimate of drug-likeness (QED) is 0.563. The fourth-order valence-corrected chi connectivity index (χ4v) is 1.17. The second-order valence-electron chi connectivity index (χ2n) is 3.20. The Bertz CT molecular complexity index is 347. The average molecular weight is 220 g/mol. The lowest BCUT2D eigenvalue weighted by atomic mass is 10.3. The van der Waals surface area contributed by atoms with Gasteiger partial charge in [0.1, 0.15) is 5.75 Å². The maximum absolute atomic E-state index is 11.4. The number of ether oxygens (including phenoxy) is 1. The van der Waals surface area contributed by atoms with E-state index in [1.165, 1.54) is 0 Å². The van der Waals surface area contributed by atoms with E-state index in [0.717, 1.165) is 11.4 Å². The van der Waals surface area contributed by atoms with Crippen LogP contribution in [0.15, 0.2) is 36.9 Å². The van der Waals surface area contributed by atoms with Gasteiger partial charge in [0.25, 0.3) is 0 Å². The fraction of sp³-hybridized carbons (Fsp3) is 0.250. The number of carbonyl (C=O) groups is 1. The predicted molar refractivity (Wildman–Crippen MR) is 64.7 cm³/mol. The number of nitrogens with one attached hydrogen (secondary N) is 2. The molecular weight excluding hydrogens is 204 g/mol. The second kappa shape index (κ2) is 6.63. The molecule has 1 aromatic carbocycles. The number of carbonyl (C=O) groups excluding carboxylic acids is 1. The Morgan fingerprint density at radius 3 is 2.69 bits per heavy atom. The number of amides is 1. The Balaban J connectivity index is 2.40. The van der Waals surface area contributed by atoms with Crippen LogP contribution < -0.4 is 15.4 Å². The van der Waals surface area contributed by atoms with Gasteiger partial charge in [-0.25, -0.2) is 0 Å². The van der Waals surface area contributed by atoms with E-state index in [-0.39, 0.29) is 12.5 Å². The molecule has 1 amide bonds. The van der Waals surface area contributed by atoms with E-state index in [1.807, 2.05) is 0 Å². The van der Waals surface area contributed by atoms with Crippen LogP contribution in [0, 0.1) is 0 Å². The van der Waals surface area contributed by atoms with Gasteiger partial charge in [0, 0.05) is 12.2 Å². The van der Waals surface area contributed by atoms with Gasteiger partial charge in [0.15, 0.2) is 0 Å². The summed E-state index contributed by atoms with van der Waals surface area (Å²) in [5.41, 5.74) is 0.756. The Hall–Kier alpha value is -1.81. The van der Waals surface area contributed by atoms with Gasteiger partial charge < -0.3 is 15.4 Å². The first kappa shape index (κ1) is 12.3. The van der Waals surface area contributed by atoms with Crippen LogP contribution in [0.25, 0.3) is 0 Å². The van der Waals surface area contributed by atoms with Gasteiger partial charge in [0.2, 0.25) is 5.91 Å². The molecule has 0 bridgehead atoms. The third-order valence-corrected chi connectivity index (χ3v) is 1.95. The smallest absolute Gasteiger partial charge is 0.238 e. The molecule has 4 heteroatoms. The van der Waals surface area contributed by atoms with Crippen LogP contribution in [-0.4, -0.2) is 26.1 Å². The minimum Gasteiger partial charge on any atom is -0.497 e. The Kier molecular flexibility index (Phi) is 5.08. The van der Waals surface area contributed by atoms with Crippen LogP contribution in [0.5, 0.6) is 5.75 Å². The van der Waals surface area contributed by atoms with E-state index in [9.17, 15) is 4.79 Å². The van der Waals surface area contributed by atoms with Crippen LogP contribution in [0.1, 0.15) is 0 Å². The highest BCUT2D eigenvalue weighted by atomic mass is 16.5. The Labute approximate surface area is 95.3 Å². The van der Waals surface area contributed by atoms with Crippen molar-refractivity contribution in [3.05, 3.63) is 36.9 Å².